The van der Waals surface area contributed by atoms with Gasteiger partial charge in [0, 0.05) is 24.2 Å². The molecule has 21 heavy (non-hydrogen) atoms. The molecule has 0 amide bonds. The van der Waals surface area contributed by atoms with Gasteiger partial charge in [-0.2, -0.15) is 0 Å². The lowest BCUT2D eigenvalue weighted by atomic mass is 9.87. The van der Waals surface area contributed by atoms with E-state index in [0.717, 1.165) is 23.7 Å². The zero-order chi connectivity index (χ0) is 15.5. The van der Waals surface area contributed by atoms with Crippen LogP contribution in [0.3, 0.4) is 0 Å². The van der Waals surface area contributed by atoms with Crippen LogP contribution in [-0.4, -0.2) is 15.9 Å². The van der Waals surface area contributed by atoms with Gasteiger partial charge >= 0.3 is 0 Å². The summed E-state index contributed by atoms with van der Waals surface area (Å²) in [6, 6.07) is 0. The average Bonchev–Trinajstić information content (AvgIpc) is 2.91. The lowest BCUT2D eigenvalue weighted by Crippen LogP contribution is -2.29. The van der Waals surface area contributed by atoms with Crippen LogP contribution < -0.4 is 5.32 Å². The molecule has 2 aromatic heterocycles. The maximum absolute atomic E-state index is 4.65. The van der Waals surface area contributed by atoms with Gasteiger partial charge in [-0.15, -0.1) is 11.3 Å². The molecule has 1 N–H and O–H groups in total. The Morgan fingerprint density at radius 1 is 1.29 bits per heavy atom. The van der Waals surface area contributed by atoms with E-state index in [-0.39, 0.29) is 0 Å². The fraction of sp³-hybridized carbons (Fsp3) is 0.706. The normalized spacial score (nSPS) is 12.4. The number of rotatable bonds is 8. The summed E-state index contributed by atoms with van der Waals surface area (Å²) in [7, 11) is 0. The van der Waals surface area contributed by atoms with Crippen molar-refractivity contribution in [3.05, 3.63) is 22.5 Å². The van der Waals surface area contributed by atoms with E-state index in [1.54, 1.807) is 11.3 Å². The third-order valence-corrected chi connectivity index (χ3v) is 5.13. The molecular weight excluding hydrogens is 278 g/mol. The fourth-order valence-corrected chi connectivity index (χ4v) is 3.77. The molecule has 0 bridgehead atoms. The first-order valence-electron chi connectivity index (χ1n) is 8.07. The number of unbranched alkanes of at least 4 members (excludes halogenated alkanes) is 2. The van der Waals surface area contributed by atoms with Gasteiger partial charge in [-0.25, -0.2) is 4.98 Å². The molecule has 2 rings (SSSR count). The van der Waals surface area contributed by atoms with E-state index in [1.807, 2.05) is 0 Å². The summed E-state index contributed by atoms with van der Waals surface area (Å²) in [6.45, 7) is 13.2. The molecule has 0 aromatic carbocycles. The van der Waals surface area contributed by atoms with Crippen molar-refractivity contribution in [3.63, 3.8) is 0 Å². The lowest BCUT2D eigenvalue weighted by molar-refractivity contribution is 0.301. The Balaban J connectivity index is 1.93. The van der Waals surface area contributed by atoms with Crippen LogP contribution in [0.15, 0.2) is 5.38 Å². The van der Waals surface area contributed by atoms with Crippen LogP contribution in [0.25, 0.3) is 4.96 Å². The van der Waals surface area contributed by atoms with Gasteiger partial charge in [0.05, 0.1) is 11.4 Å². The Hall–Kier alpha value is -0.870. The topological polar surface area (TPSA) is 29.3 Å². The van der Waals surface area contributed by atoms with Crippen LogP contribution in [-0.2, 0) is 6.54 Å². The number of thiazole rings is 1. The zero-order valence-corrected chi connectivity index (χ0v) is 14.9. The van der Waals surface area contributed by atoms with Crippen molar-refractivity contribution < 1.29 is 0 Å². The standard InChI is InChI=1S/C17H29N3S/c1-6-7-8-9-17(4,5)12-18-10-15-14(3)19-16-20(15)13(2)11-21-16/h11,18H,6-10,12H2,1-5H3. The molecule has 0 aliphatic carbocycles. The maximum atomic E-state index is 4.65. The minimum atomic E-state index is 0.372. The van der Waals surface area contributed by atoms with Gasteiger partial charge in [0.2, 0.25) is 0 Å². The highest BCUT2D eigenvalue weighted by Crippen LogP contribution is 2.24. The van der Waals surface area contributed by atoms with Crippen LogP contribution in [0.4, 0.5) is 0 Å². The molecule has 0 fully saturated rings. The zero-order valence-electron chi connectivity index (χ0n) is 14.1. The van der Waals surface area contributed by atoms with Crippen molar-refractivity contribution in [1.29, 1.82) is 0 Å². The SMILES string of the molecule is CCCCCC(C)(C)CNCc1c(C)nc2scc(C)n12. The van der Waals surface area contributed by atoms with Gasteiger partial charge in [0.25, 0.3) is 0 Å². The molecule has 2 heterocycles. The Kier molecular flexibility index (Phi) is 5.44. The summed E-state index contributed by atoms with van der Waals surface area (Å²) < 4.78 is 2.29. The molecule has 0 aliphatic heterocycles. The molecule has 3 nitrogen and oxygen atoms in total. The van der Waals surface area contributed by atoms with Gasteiger partial charge in [-0.05, 0) is 25.7 Å². The van der Waals surface area contributed by atoms with E-state index < -0.39 is 0 Å². The highest BCUT2D eigenvalue weighted by molar-refractivity contribution is 7.15. The smallest absolute Gasteiger partial charge is 0.194 e. The van der Waals surface area contributed by atoms with Crippen LogP contribution in [0.2, 0.25) is 0 Å². The first-order valence-corrected chi connectivity index (χ1v) is 8.95. The quantitative estimate of drug-likeness (QED) is 0.716. The second kappa shape index (κ2) is 6.93. The minimum Gasteiger partial charge on any atom is -0.311 e. The predicted octanol–water partition coefficient (Wildman–Crippen LogP) is 4.71. The Morgan fingerprint density at radius 2 is 2.05 bits per heavy atom. The molecule has 0 saturated heterocycles. The fourth-order valence-electron chi connectivity index (χ4n) is 2.84. The van der Waals surface area contributed by atoms with E-state index in [1.165, 1.54) is 37.1 Å². The summed E-state index contributed by atoms with van der Waals surface area (Å²) >= 11 is 1.73. The van der Waals surface area contributed by atoms with E-state index >= 15 is 0 Å². The molecule has 118 valence electrons. The number of imidazole rings is 1. The first-order chi connectivity index (χ1) is 9.94. The Labute approximate surface area is 132 Å². The van der Waals surface area contributed by atoms with E-state index in [2.05, 4.69) is 54.7 Å². The maximum Gasteiger partial charge on any atom is 0.194 e. The minimum absolute atomic E-state index is 0.372. The second-order valence-electron chi connectivity index (χ2n) is 6.86. The van der Waals surface area contributed by atoms with Gasteiger partial charge in [-0.3, -0.25) is 4.40 Å². The number of nitrogens with zero attached hydrogens (tertiary/aromatic N) is 2. The molecule has 0 saturated carbocycles. The Bertz CT molecular complexity index is 580. The van der Waals surface area contributed by atoms with Crippen molar-refractivity contribution in [3.8, 4) is 0 Å². The molecule has 0 aliphatic rings. The summed E-state index contributed by atoms with van der Waals surface area (Å²) in [5, 5.41) is 5.83. The summed E-state index contributed by atoms with van der Waals surface area (Å²) in [5.41, 5.74) is 4.13. The largest absolute Gasteiger partial charge is 0.311 e. The van der Waals surface area contributed by atoms with E-state index in [4.69, 9.17) is 0 Å². The van der Waals surface area contributed by atoms with Crippen molar-refractivity contribution in [2.45, 2.75) is 66.8 Å². The third kappa shape index (κ3) is 4.07. The Morgan fingerprint density at radius 3 is 2.76 bits per heavy atom. The number of hydrogen-bond donors (Lipinski definition) is 1. The average molecular weight is 308 g/mol. The van der Waals surface area contributed by atoms with Gasteiger partial charge < -0.3 is 5.32 Å². The third-order valence-electron chi connectivity index (χ3n) is 4.18. The van der Waals surface area contributed by atoms with Crippen LogP contribution in [0, 0.1) is 19.3 Å². The summed E-state index contributed by atoms with van der Waals surface area (Å²) in [4.78, 5) is 5.77. The second-order valence-corrected chi connectivity index (χ2v) is 7.70. The number of aryl methyl sites for hydroxylation is 2. The van der Waals surface area contributed by atoms with Gasteiger partial charge in [0.15, 0.2) is 4.96 Å². The van der Waals surface area contributed by atoms with Crippen molar-refractivity contribution in [1.82, 2.24) is 14.7 Å². The van der Waals surface area contributed by atoms with Crippen molar-refractivity contribution in [2.75, 3.05) is 6.54 Å². The molecule has 2 aromatic rings. The van der Waals surface area contributed by atoms with Gasteiger partial charge in [0.1, 0.15) is 0 Å². The number of nitrogens with one attached hydrogen (secondary N) is 1. The molecule has 0 unspecified atom stereocenters. The number of fused-ring (bicyclic) bond motifs is 1. The molecular formula is C17H29N3S. The first kappa shape index (κ1) is 16.5. The molecule has 4 heteroatoms. The number of aromatic nitrogens is 2. The molecule has 0 radical (unpaired) electrons. The van der Waals surface area contributed by atoms with Crippen molar-refractivity contribution in [2.24, 2.45) is 5.41 Å². The molecule has 0 spiro atoms. The number of hydrogen-bond acceptors (Lipinski definition) is 3. The van der Waals surface area contributed by atoms with Crippen LogP contribution in [0.5, 0.6) is 0 Å². The van der Waals surface area contributed by atoms with E-state index in [0.29, 0.717) is 5.41 Å². The highest BCUT2D eigenvalue weighted by atomic mass is 32.1. The van der Waals surface area contributed by atoms with Gasteiger partial charge in [-0.1, -0.05) is 40.0 Å². The lowest BCUT2D eigenvalue weighted by Gasteiger charge is -2.25. The van der Waals surface area contributed by atoms with Crippen LogP contribution >= 0.6 is 11.3 Å². The monoisotopic (exact) mass is 307 g/mol. The van der Waals surface area contributed by atoms with Crippen LogP contribution in [0.1, 0.15) is 63.5 Å². The predicted molar refractivity (Wildman–Crippen MR) is 92.2 cm³/mol. The summed E-state index contributed by atoms with van der Waals surface area (Å²) in [5.74, 6) is 0. The highest BCUT2D eigenvalue weighted by Gasteiger charge is 2.18. The molecule has 0 atom stereocenters. The van der Waals surface area contributed by atoms with E-state index in [9.17, 15) is 0 Å². The summed E-state index contributed by atoms with van der Waals surface area (Å²) in [6.07, 6.45) is 5.28. The van der Waals surface area contributed by atoms with Crippen molar-refractivity contribution >= 4 is 16.3 Å².